The van der Waals surface area contributed by atoms with Gasteiger partial charge in [-0.2, -0.15) is 0 Å². The first-order valence-corrected chi connectivity index (χ1v) is 5.52. The number of aromatic nitrogens is 2. The topological polar surface area (TPSA) is 44.1 Å². The van der Waals surface area contributed by atoms with Gasteiger partial charge in [-0.15, -0.1) is 0 Å². The van der Waals surface area contributed by atoms with Gasteiger partial charge < -0.3 is 9.30 Å². The number of carbonyl (C=O) groups is 1. The number of imidazole rings is 1. The van der Waals surface area contributed by atoms with E-state index in [1.807, 2.05) is 0 Å². The molecule has 17 heavy (non-hydrogen) atoms. The molecule has 1 heterocycles. The van der Waals surface area contributed by atoms with Crippen LogP contribution in [0.5, 0.6) is 5.75 Å². The van der Waals surface area contributed by atoms with Crippen LogP contribution >= 0.6 is 11.6 Å². The Morgan fingerprint density at radius 3 is 2.82 bits per heavy atom. The van der Waals surface area contributed by atoms with Gasteiger partial charge in [0.2, 0.25) is 0 Å². The summed E-state index contributed by atoms with van der Waals surface area (Å²) >= 11 is 5.76. The minimum atomic E-state index is 0.407. The first-order valence-electron chi connectivity index (χ1n) is 5.14. The monoisotopic (exact) mass is 250 g/mol. The third-order valence-corrected chi connectivity index (χ3v) is 2.52. The summed E-state index contributed by atoms with van der Waals surface area (Å²) in [6.07, 6.45) is 4.06. The van der Waals surface area contributed by atoms with Crippen molar-refractivity contribution in [3.63, 3.8) is 0 Å². The molecule has 1 aromatic heterocycles. The second-order valence-electron chi connectivity index (χ2n) is 3.40. The van der Waals surface area contributed by atoms with Crippen LogP contribution in [0.2, 0.25) is 5.02 Å². The molecule has 88 valence electrons. The predicted molar refractivity (Wildman–Crippen MR) is 64.6 cm³/mol. The summed E-state index contributed by atoms with van der Waals surface area (Å²) in [7, 11) is 0. The molecule has 2 aromatic rings. The second-order valence-corrected chi connectivity index (χ2v) is 3.84. The van der Waals surface area contributed by atoms with E-state index in [0.717, 1.165) is 12.0 Å². The molecule has 0 aliphatic rings. The van der Waals surface area contributed by atoms with Crippen LogP contribution in [0.4, 0.5) is 0 Å². The molecule has 0 radical (unpaired) electrons. The van der Waals surface area contributed by atoms with E-state index in [2.05, 4.69) is 4.98 Å². The van der Waals surface area contributed by atoms with Gasteiger partial charge >= 0.3 is 0 Å². The largest absolute Gasteiger partial charge is 0.492 e. The summed E-state index contributed by atoms with van der Waals surface area (Å²) in [5.41, 5.74) is 0. The van der Waals surface area contributed by atoms with Crippen LogP contribution < -0.4 is 4.74 Å². The number of benzene rings is 1. The lowest BCUT2D eigenvalue weighted by atomic mass is 10.3. The Morgan fingerprint density at radius 1 is 1.35 bits per heavy atom. The van der Waals surface area contributed by atoms with E-state index in [1.165, 1.54) is 0 Å². The van der Waals surface area contributed by atoms with Gasteiger partial charge in [0.25, 0.3) is 0 Å². The van der Waals surface area contributed by atoms with Crippen molar-refractivity contribution in [2.24, 2.45) is 0 Å². The van der Waals surface area contributed by atoms with E-state index in [4.69, 9.17) is 16.3 Å². The van der Waals surface area contributed by atoms with Crippen LogP contribution in [-0.4, -0.2) is 22.4 Å². The van der Waals surface area contributed by atoms with Crippen LogP contribution in [0, 0.1) is 0 Å². The van der Waals surface area contributed by atoms with E-state index in [0.29, 0.717) is 24.0 Å². The normalized spacial score (nSPS) is 10.2. The number of hydrogen-bond donors (Lipinski definition) is 0. The fourth-order valence-electron chi connectivity index (χ4n) is 1.42. The SMILES string of the molecule is O=Cc1nccn1CCOc1ccc(Cl)cc1. The highest BCUT2D eigenvalue weighted by Crippen LogP contribution is 2.15. The molecule has 5 heteroatoms. The molecule has 0 saturated heterocycles. The van der Waals surface area contributed by atoms with Gasteiger partial charge in [-0.25, -0.2) is 4.98 Å². The van der Waals surface area contributed by atoms with Crippen LogP contribution in [0.1, 0.15) is 10.6 Å². The van der Waals surface area contributed by atoms with Crippen LogP contribution in [0.15, 0.2) is 36.7 Å². The zero-order chi connectivity index (χ0) is 12.1. The van der Waals surface area contributed by atoms with E-state index in [9.17, 15) is 4.79 Å². The molecule has 0 spiro atoms. The summed E-state index contributed by atoms with van der Waals surface area (Å²) in [5.74, 6) is 1.16. The molecule has 0 aliphatic carbocycles. The van der Waals surface area contributed by atoms with Crippen molar-refractivity contribution >= 4 is 17.9 Å². The van der Waals surface area contributed by atoms with Gasteiger partial charge in [0.15, 0.2) is 12.1 Å². The Hall–Kier alpha value is -1.81. The lowest BCUT2D eigenvalue weighted by molar-refractivity contribution is 0.111. The molecule has 4 nitrogen and oxygen atoms in total. The maximum Gasteiger partial charge on any atom is 0.185 e. The number of ether oxygens (including phenoxy) is 1. The Bertz CT molecular complexity index is 493. The van der Waals surface area contributed by atoms with Crippen molar-refractivity contribution in [1.82, 2.24) is 9.55 Å². The summed E-state index contributed by atoms with van der Waals surface area (Å²) < 4.78 is 7.25. The fourth-order valence-corrected chi connectivity index (χ4v) is 1.55. The highest BCUT2D eigenvalue weighted by Gasteiger charge is 2.00. The van der Waals surface area contributed by atoms with Gasteiger partial charge in [0.05, 0.1) is 6.54 Å². The zero-order valence-corrected chi connectivity index (χ0v) is 9.80. The molecule has 1 aromatic carbocycles. The summed E-state index contributed by atoms with van der Waals surface area (Å²) in [4.78, 5) is 14.5. The van der Waals surface area contributed by atoms with Crippen molar-refractivity contribution in [2.75, 3.05) is 6.61 Å². The Labute approximate surface area is 104 Å². The molecular formula is C12H11ClN2O2. The number of rotatable bonds is 5. The van der Waals surface area contributed by atoms with Gasteiger partial charge in [-0.1, -0.05) is 11.6 Å². The molecule has 0 atom stereocenters. The molecule has 0 N–H and O–H groups in total. The Kier molecular flexibility index (Phi) is 3.77. The molecule has 0 bridgehead atoms. The lowest BCUT2D eigenvalue weighted by Gasteiger charge is -2.07. The lowest BCUT2D eigenvalue weighted by Crippen LogP contribution is -2.10. The van der Waals surface area contributed by atoms with Crippen molar-refractivity contribution in [3.8, 4) is 5.75 Å². The van der Waals surface area contributed by atoms with E-state index in [-0.39, 0.29) is 0 Å². The first-order chi connectivity index (χ1) is 8.29. The van der Waals surface area contributed by atoms with Crippen molar-refractivity contribution in [1.29, 1.82) is 0 Å². The summed E-state index contributed by atoms with van der Waals surface area (Å²) in [6.45, 7) is 1.05. The smallest absolute Gasteiger partial charge is 0.185 e. The maximum absolute atomic E-state index is 10.6. The quantitative estimate of drug-likeness (QED) is 0.766. The Balaban J connectivity index is 1.87. The zero-order valence-electron chi connectivity index (χ0n) is 9.04. The van der Waals surface area contributed by atoms with Crippen LogP contribution in [0.25, 0.3) is 0 Å². The summed E-state index contributed by atoms with van der Waals surface area (Å²) in [5, 5.41) is 0.676. The average Bonchev–Trinajstić information content (AvgIpc) is 2.79. The Morgan fingerprint density at radius 2 is 2.12 bits per heavy atom. The third kappa shape index (κ3) is 3.07. The predicted octanol–water partition coefficient (Wildman–Crippen LogP) is 2.43. The first kappa shape index (κ1) is 11.7. The summed E-state index contributed by atoms with van der Waals surface area (Å²) in [6, 6.07) is 7.14. The molecule has 0 amide bonds. The van der Waals surface area contributed by atoms with Gasteiger partial charge in [-0.3, -0.25) is 4.79 Å². The fraction of sp³-hybridized carbons (Fsp3) is 0.167. The molecule has 0 saturated carbocycles. The number of hydrogen-bond acceptors (Lipinski definition) is 3. The second kappa shape index (κ2) is 5.50. The highest BCUT2D eigenvalue weighted by atomic mass is 35.5. The van der Waals surface area contributed by atoms with Crippen molar-refractivity contribution in [3.05, 3.63) is 47.5 Å². The van der Waals surface area contributed by atoms with Crippen LogP contribution in [-0.2, 0) is 6.54 Å². The number of aldehydes is 1. The molecule has 2 rings (SSSR count). The van der Waals surface area contributed by atoms with Gasteiger partial charge in [-0.05, 0) is 24.3 Å². The number of halogens is 1. The molecule has 0 fully saturated rings. The average molecular weight is 251 g/mol. The highest BCUT2D eigenvalue weighted by molar-refractivity contribution is 6.30. The minimum absolute atomic E-state index is 0.407. The van der Waals surface area contributed by atoms with Crippen LogP contribution in [0.3, 0.4) is 0 Å². The molecule has 0 unspecified atom stereocenters. The minimum Gasteiger partial charge on any atom is -0.492 e. The standard InChI is InChI=1S/C12H11ClN2O2/c13-10-1-3-11(4-2-10)17-8-7-15-6-5-14-12(15)9-16/h1-6,9H,7-8H2. The van der Waals surface area contributed by atoms with Gasteiger partial charge in [0.1, 0.15) is 12.4 Å². The molecule has 0 aliphatic heterocycles. The van der Waals surface area contributed by atoms with E-state index < -0.39 is 0 Å². The number of carbonyl (C=O) groups excluding carboxylic acids is 1. The van der Waals surface area contributed by atoms with E-state index in [1.54, 1.807) is 41.2 Å². The molecular weight excluding hydrogens is 240 g/mol. The van der Waals surface area contributed by atoms with Crippen molar-refractivity contribution in [2.45, 2.75) is 6.54 Å². The van der Waals surface area contributed by atoms with Crippen molar-refractivity contribution < 1.29 is 9.53 Å². The van der Waals surface area contributed by atoms with Gasteiger partial charge in [0, 0.05) is 17.4 Å². The third-order valence-electron chi connectivity index (χ3n) is 2.27. The number of nitrogens with zero attached hydrogens (tertiary/aromatic N) is 2. The van der Waals surface area contributed by atoms with E-state index >= 15 is 0 Å². The maximum atomic E-state index is 10.6.